The minimum atomic E-state index is -3.66. The van der Waals surface area contributed by atoms with E-state index in [0.717, 1.165) is 45.2 Å². The Bertz CT molecular complexity index is 1490. The number of thiazole rings is 1. The molecular weight excluding hydrogens is 604 g/mol. The number of aromatic nitrogens is 1. The Hall–Kier alpha value is -2.44. The van der Waals surface area contributed by atoms with E-state index in [2.05, 4.69) is 26.0 Å². The van der Waals surface area contributed by atoms with Gasteiger partial charge in [0.25, 0.3) is 5.91 Å². The second-order valence-corrected chi connectivity index (χ2v) is 13.5. The third-order valence-corrected chi connectivity index (χ3v) is 10.0. The van der Waals surface area contributed by atoms with Crippen LogP contribution in [-0.2, 0) is 10.0 Å². The number of sulfonamides is 1. The summed E-state index contributed by atoms with van der Waals surface area (Å²) < 4.78 is 30.1. The molecule has 4 rings (SSSR count). The first-order chi connectivity index (χ1) is 18.3. The first kappa shape index (κ1) is 28.6. The summed E-state index contributed by atoms with van der Waals surface area (Å²) in [5.74, 6) is -0.395. The molecule has 0 unspecified atom stereocenters. The Labute approximate surface area is 240 Å². The molecule has 2 aromatic heterocycles. The number of nitrogens with zero attached hydrogens (tertiary/aromatic N) is 4. The fraction of sp³-hybridized carbons (Fsp3) is 0.296. The monoisotopic (exact) mass is 632 g/mol. The summed E-state index contributed by atoms with van der Waals surface area (Å²) in [6, 6.07) is 15.7. The maximum Gasteiger partial charge on any atom is 0.280 e. The van der Waals surface area contributed by atoms with Crippen molar-refractivity contribution in [3.63, 3.8) is 0 Å². The van der Waals surface area contributed by atoms with Gasteiger partial charge in [-0.15, -0.1) is 11.3 Å². The Balaban J connectivity index is 1.64. The highest BCUT2D eigenvalue weighted by atomic mass is 79.9. The lowest BCUT2D eigenvalue weighted by atomic mass is 10.2. The Morgan fingerprint density at radius 3 is 2.39 bits per heavy atom. The summed E-state index contributed by atoms with van der Waals surface area (Å²) in [6.45, 7) is 5.06. The number of unbranched alkanes of at least 4 members (excludes halogenated alkanes) is 2. The van der Waals surface area contributed by atoms with Crippen molar-refractivity contribution < 1.29 is 13.2 Å². The normalized spacial score (nSPS) is 12.1. The zero-order chi connectivity index (χ0) is 27.1. The molecule has 0 aliphatic rings. The fourth-order valence-corrected chi connectivity index (χ4v) is 7.28. The lowest BCUT2D eigenvalue weighted by Gasteiger charge is -2.22. The van der Waals surface area contributed by atoms with E-state index in [1.165, 1.54) is 39.8 Å². The highest BCUT2D eigenvalue weighted by Crippen LogP contribution is 2.32. The van der Waals surface area contributed by atoms with Gasteiger partial charge >= 0.3 is 0 Å². The molecule has 0 bridgehead atoms. The Morgan fingerprint density at radius 2 is 1.76 bits per heavy atom. The van der Waals surface area contributed by atoms with E-state index < -0.39 is 15.9 Å². The molecule has 0 aliphatic heterocycles. The van der Waals surface area contributed by atoms with E-state index in [9.17, 15) is 13.2 Å². The van der Waals surface area contributed by atoms with Crippen molar-refractivity contribution in [1.29, 1.82) is 0 Å². The van der Waals surface area contributed by atoms with Gasteiger partial charge in [0.2, 0.25) is 15.2 Å². The SMILES string of the molecule is CCCCN(CCCC)S(=O)(=O)c1ccc(C(=O)N(/N=C/c2cccs2)c2nc3ccc(Br)cc3s2)cc1. The van der Waals surface area contributed by atoms with Crippen molar-refractivity contribution in [1.82, 2.24) is 9.29 Å². The summed E-state index contributed by atoms with van der Waals surface area (Å²) >= 11 is 6.35. The lowest BCUT2D eigenvalue weighted by Crippen LogP contribution is -2.33. The van der Waals surface area contributed by atoms with Crippen LogP contribution in [0.3, 0.4) is 0 Å². The molecule has 0 spiro atoms. The van der Waals surface area contributed by atoms with Crippen LogP contribution in [0.2, 0.25) is 0 Å². The van der Waals surface area contributed by atoms with E-state index in [-0.39, 0.29) is 4.90 Å². The van der Waals surface area contributed by atoms with Gasteiger partial charge < -0.3 is 0 Å². The fourth-order valence-electron chi connectivity index (χ4n) is 3.71. The molecule has 38 heavy (non-hydrogen) atoms. The van der Waals surface area contributed by atoms with Crippen LogP contribution in [-0.4, -0.2) is 42.9 Å². The van der Waals surface area contributed by atoms with Crippen LogP contribution >= 0.6 is 38.6 Å². The van der Waals surface area contributed by atoms with Crippen molar-refractivity contribution in [3.8, 4) is 0 Å². The van der Waals surface area contributed by atoms with Crippen LogP contribution in [0.5, 0.6) is 0 Å². The van der Waals surface area contributed by atoms with Gasteiger partial charge in [0.1, 0.15) is 0 Å². The topological polar surface area (TPSA) is 82.9 Å². The zero-order valence-corrected chi connectivity index (χ0v) is 25.2. The molecule has 0 saturated carbocycles. The number of hydrogen-bond donors (Lipinski definition) is 0. The van der Waals surface area contributed by atoms with Crippen LogP contribution in [0.1, 0.15) is 54.8 Å². The number of hydrogen-bond acceptors (Lipinski definition) is 7. The number of rotatable bonds is 12. The van der Waals surface area contributed by atoms with Gasteiger partial charge in [-0.3, -0.25) is 4.79 Å². The number of hydrazone groups is 1. The maximum atomic E-state index is 13.6. The van der Waals surface area contributed by atoms with Gasteiger partial charge in [0.05, 0.1) is 21.3 Å². The first-order valence-corrected chi connectivity index (χ1v) is 16.3. The van der Waals surface area contributed by atoms with Crippen molar-refractivity contribution in [2.75, 3.05) is 18.1 Å². The van der Waals surface area contributed by atoms with Crippen LogP contribution in [0.25, 0.3) is 10.2 Å². The third-order valence-electron chi connectivity index (χ3n) is 5.82. The van der Waals surface area contributed by atoms with Crippen molar-refractivity contribution >= 4 is 76.1 Å². The molecule has 0 fully saturated rings. The highest BCUT2D eigenvalue weighted by Gasteiger charge is 2.25. The van der Waals surface area contributed by atoms with Crippen molar-refractivity contribution in [2.45, 2.75) is 44.4 Å². The van der Waals surface area contributed by atoms with E-state index in [0.29, 0.717) is 23.8 Å². The lowest BCUT2D eigenvalue weighted by molar-refractivity contribution is 0.0987. The molecule has 11 heteroatoms. The van der Waals surface area contributed by atoms with Crippen LogP contribution in [0, 0.1) is 0 Å². The molecule has 0 radical (unpaired) electrons. The predicted molar refractivity (Wildman–Crippen MR) is 161 cm³/mol. The van der Waals surface area contributed by atoms with Gasteiger partial charge in [0.15, 0.2) is 0 Å². The maximum absolute atomic E-state index is 13.6. The Kier molecular flexibility index (Phi) is 9.83. The summed E-state index contributed by atoms with van der Waals surface area (Å²) in [6.07, 6.45) is 5.06. The van der Waals surface area contributed by atoms with Gasteiger partial charge in [-0.1, -0.05) is 60.0 Å². The van der Waals surface area contributed by atoms with E-state index in [1.54, 1.807) is 22.7 Å². The number of carbonyl (C=O) groups excluding carboxylic acids is 1. The second kappa shape index (κ2) is 13.1. The minimum absolute atomic E-state index is 0.180. The summed E-state index contributed by atoms with van der Waals surface area (Å²) in [7, 11) is -3.66. The average molecular weight is 634 g/mol. The Morgan fingerprint density at radius 1 is 1.05 bits per heavy atom. The highest BCUT2D eigenvalue weighted by molar-refractivity contribution is 9.10. The molecule has 1 amide bonds. The van der Waals surface area contributed by atoms with Gasteiger partial charge in [-0.25, -0.2) is 13.4 Å². The molecule has 7 nitrogen and oxygen atoms in total. The van der Waals surface area contributed by atoms with Crippen molar-refractivity contribution in [3.05, 3.63) is 74.9 Å². The average Bonchev–Trinajstić information content (AvgIpc) is 3.58. The molecule has 2 heterocycles. The quantitative estimate of drug-likeness (QED) is 0.120. The van der Waals surface area contributed by atoms with Gasteiger partial charge in [-0.05, 0) is 66.8 Å². The molecule has 2 aromatic carbocycles. The zero-order valence-electron chi connectivity index (χ0n) is 21.2. The molecule has 0 N–H and O–H groups in total. The standard InChI is InChI=1S/C27H29BrN4O3S3/c1-3-5-15-31(16-6-4-2)38(34,35)23-12-9-20(10-13-23)26(33)32(29-19-22-8-7-17-36-22)27-30-24-14-11-21(28)18-25(24)37-27/h7-14,17-19H,3-6,15-16H2,1-2H3/b29-19+. The van der Waals surface area contributed by atoms with E-state index >= 15 is 0 Å². The number of anilines is 1. The van der Waals surface area contributed by atoms with Crippen molar-refractivity contribution in [2.24, 2.45) is 5.10 Å². The molecule has 0 saturated heterocycles. The predicted octanol–water partition coefficient (Wildman–Crippen LogP) is 7.39. The first-order valence-electron chi connectivity index (χ1n) is 12.4. The summed E-state index contributed by atoms with van der Waals surface area (Å²) in [4.78, 5) is 19.3. The third kappa shape index (κ3) is 6.76. The number of halogens is 1. The smallest absolute Gasteiger partial charge is 0.267 e. The number of thiophene rings is 1. The molecule has 0 atom stereocenters. The largest absolute Gasteiger partial charge is 0.280 e. The van der Waals surface area contributed by atoms with Gasteiger partial charge in [0, 0.05) is 28.0 Å². The van der Waals surface area contributed by atoms with Gasteiger partial charge in [-0.2, -0.15) is 14.4 Å². The molecule has 0 aliphatic carbocycles. The van der Waals surface area contributed by atoms with Crippen LogP contribution < -0.4 is 5.01 Å². The second-order valence-electron chi connectivity index (χ2n) is 8.62. The number of carbonyl (C=O) groups is 1. The van der Waals surface area contributed by atoms with Crippen LogP contribution in [0.4, 0.5) is 5.13 Å². The minimum Gasteiger partial charge on any atom is -0.267 e. The number of benzene rings is 2. The number of amides is 1. The number of fused-ring (bicyclic) bond motifs is 1. The molecule has 200 valence electrons. The molecular formula is C27H29BrN4O3S3. The molecule has 4 aromatic rings. The van der Waals surface area contributed by atoms with E-state index in [1.807, 2.05) is 49.6 Å². The summed E-state index contributed by atoms with van der Waals surface area (Å²) in [5.41, 5.74) is 1.08. The van der Waals surface area contributed by atoms with E-state index in [4.69, 9.17) is 0 Å². The van der Waals surface area contributed by atoms with Crippen LogP contribution in [0.15, 0.2) is 74.4 Å². The summed E-state index contributed by atoms with van der Waals surface area (Å²) in [5, 5.41) is 8.12.